The van der Waals surface area contributed by atoms with Crippen LogP contribution in [0, 0.1) is 57.2 Å². The lowest BCUT2D eigenvalue weighted by Crippen LogP contribution is -2.62. The van der Waals surface area contributed by atoms with Gasteiger partial charge in [0.05, 0.1) is 18.1 Å². The molecule has 0 aromatic heterocycles. The Balaban J connectivity index is 1.69. The molecule has 3 fully saturated rings. The lowest BCUT2D eigenvalue weighted by molar-refractivity contribution is -0.179. The third-order valence-corrected chi connectivity index (χ3v) is 9.79. The van der Waals surface area contributed by atoms with E-state index < -0.39 is 22.2 Å². The van der Waals surface area contributed by atoms with Crippen molar-refractivity contribution < 1.29 is 14.6 Å². The van der Waals surface area contributed by atoms with E-state index in [1.807, 2.05) is 0 Å². The molecule has 4 aliphatic carbocycles. The van der Waals surface area contributed by atoms with Crippen molar-refractivity contribution in [1.29, 1.82) is 5.26 Å². The van der Waals surface area contributed by atoms with E-state index in [2.05, 4.69) is 39.8 Å². The first-order valence-electron chi connectivity index (χ1n) is 12.8. The van der Waals surface area contributed by atoms with Crippen LogP contribution >= 0.6 is 0 Å². The fraction of sp³-hybridized carbons (Fsp3) is 0.852. The van der Waals surface area contributed by atoms with Crippen LogP contribution in [0.1, 0.15) is 85.5 Å². The summed E-state index contributed by atoms with van der Waals surface area (Å²) in [5.74, 6) is 0.746. The summed E-state index contributed by atoms with van der Waals surface area (Å²) >= 11 is 0. The lowest BCUT2D eigenvalue weighted by atomic mass is 9.43. The highest BCUT2D eigenvalue weighted by Crippen LogP contribution is 2.83. The molecule has 7 unspecified atom stereocenters. The number of ether oxygens (including phenoxy) is 1. The van der Waals surface area contributed by atoms with Gasteiger partial charge in [-0.05, 0) is 55.3 Å². The second-order valence-electron chi connectivity index (χ2n) is 11.4. The van der Waals surface area contributed by atoms with E-state index in [0.717, 1.165) is 31.3 Å². The number of hydrogen-bond acceptors (Lipinski definition) is 3. The summed E-state index contributed by atoms with van der Waals surface area (Å²) in [5, 5.41) is 21.6. The molecule has 4 nitrogen and oxygen atoms in total. The molecule has 4 bridgehead atoms. The fourth-order valence-corrected chi connectivity index (χ4v) is 8.60. The van der Waals surface area contributed by atoms with Gasteiger partial charge in [0, 0.05) is 12.0 Å². The third kappa shape index (κ3) is 2.84. The zero-order valence-corrected chi connectivity index (χ0v) is 20.0. The first kappa shape index (κ1) is 22.8. The van der Waals surface area contributed by atoms with Crippen LogP contribution in [-0.4, -0.2) is 24.3 Å². The number of allylic oxidation sites excluding steroid dienone is 1. The highest BCUT2D eigenvalue weighted by atomic mass is 16.5. The Bertz CT molecular complexity index is 782. The molecule has 4 aliphatic rings. The molecular weight excluding hydrogens is 386 g/mol. The molecule has 31 heavy (non-hydrogen) atoms. The highest BCUT2D eigenvalue weighted by Gasteiger charge is 2.84. The van der Waals surface area contributed by atoms with Gasteiger partial charge >= 0.3 is 5.97 Å². The molecule has 0 heterocycles. The molecule has 1 N–H and O–H groups in total. The normalized spacial score (nSPS) is 42.5. The van der Waals surface area contributed by atoms with Gasteiger partial charge < -0.3 is 9.84 Å². The summed E-state index contributed by atoms with van der Waals surface area (Å²) in [4.78, 5) is 13.3. The molecule has 4 rings (SSSR count). The minimum absolute atomic E-state index is 0.137. The molecule has 7 atom stereocenters. The zero-order valence-electron chi connectivity index (χ0n) is 20.0. The average Bonchev–Trinajstić information content (AvgIpc) is 3.30. The van der Waals surface area contributed by atoms with Crippen molar-refractivity contribution in [3.8, 4) is 6.07 Å². The highest BCUT2D eigenvalue weighted by molar-refractivity contribution is 5.85. The first-order chi connectivity index (χ1) is 14.8. The molecule has 4 heteroatoms. The summed E-state index contributed by atoms with van der Waals surface area (Å²) in [6.45, 7) is 9.94. The number of rotatable bonds is 10. The van der Waals surface area contributed by atoms with Crippen LogP contribution in [0.15, 0.2) is 11.6 Å². The Kier molecular flexibility index (Phi) is 6.05. The number of carboxylic acid groups (broad SMARTS) is 1. The van der Waals surface area contributed by atoms with Crippen LogP contribution < -0.4 is 0 Å². The standard InChI is InChI=1S/C27H41NO3/c1-5-6-7-8-9-12-31-17-26-15-21-19(4)10-11-22(21)25(16-28)14-20(26)13-23(18(2)3)27(25,26)24(29)30/h13,18-22H,5-12,14-15,17H2,1-4H3,(H,29,30). The molecule has 0 saturated heterocycles. The van der Waals surface area contributed by atoms with E-state index in [-0.39, 0.29) is 17.8 Å². The quantitative estimate of drug-likeness (QED) is 0.332. The second-order valence-corrected chi connectivity index (χ2v) is 11.4. The Morgan fingerprint density at radius 2 is 2.00 bits per heavy atom. The van der Waals surface area contributed by atoms with Crippen LogP contribution in [0.3, 0.4) is 0 Å². The van der Waals surface area contributed by atoms with E-state index >= 15 is 0 Å². The number of unbranched alkanes of at least 4 members (excludes halogenated alkanes) is 4. The van der Waals surface area contributed by atoms with Gasteiger partial charge in [-0.3, -0.25) is 4.79 Å². The van der Waals surface area contributed by atoms with Crippen molar-refractivity contribution in [2.24, 2.45) is 45.8 Å². The minimum atomic E-state index is -1.08. The summed E-state index contributed by atoms with van der Waals surface area (Å²) < 4.78 is 6.33. The number of nitrogens with zero attached hydrogens (tertiary/aromatic N) is 1. The molecule has 0 aromatic rings. The van der Waals surface area contributed by atoms with Crippen LogP contribution in [0.4, 0.5) is 0 Å². The fourth-order valence-electron chi connectivity index (χ4n) is 8.60. The lowest BCUT2D eigenvalue weighted by Gasteiger charge is -2.57. The van der Waals surface area contributed by atoms with E-state index in [9.17, 15) is 15.2 Å². The maximum atomic E-state index is 13.3. The van der Waals surface area contributed by atoms with E-state index in [0.29, 0.717) is 31.5 Å². The van der Waals surface area contributed by atoms with Crippen molar-refractivity contribution >= 4 is 5.97 Å². The summed E-state index contributed by atoms with van der Waals surface area (Å²) in [6, 6.07) is 2.71. The number of hydrogen-bond donors (Lipinski definition) is 1. The second kappa shape index (κ2) is 8.22. The smallest absolute Gasteiger partial charge is 0.316 e. The summed E-state index contributed by atoms with van der Waals surface area (Å²) in [7, 11) is 0. The van der Waals surface area contributed by atoms with Gasteiger partial charge in [0.15, 0.2) is 0 Å². The van der Waals surface area contributed by atoms with Gasteiger partial charge in [-0.25, -0.2) is 0 Å². The van der Waals surface area contributed by atoms with E-state index in [1.165, 1.54) is 25.7 Å². The molecule has 0 amide bonds. The Morgan fingerprint density at radius 1 is 1.26 bits per heavy atom. The van der Waals surface area contributed by atoms with Gasteiger partial charge in [0.2, 0.25) is 0 Å². The maximum absolute atomic E-state index is 13.3. The van der Waals surface area contributed by atoms with Gasteiger partial charge in [-0.15, -0.1) is 0 Å². The van der Waals surface area contributed by atoms with Crippen LogP contribution in [0.25, 0.3) is 0 Å². The van der Waals surface area contributed by atoms with Crippen LogP contribution in [0.2, 0.25) is 0 Å². The Hall–Kier alpha value is -1.34. The van der Waals surface area contributed by atoms with E-state index in [1.54, 1.807) is 0 Å². The number of fused-ring (bicyclic) bond motifs is 2. The van der Waals surface area contributed by atoms with Gasteiger partial charge in [-0.1, -0.05) is 71.4 Å². The molecule has 0 aromatic carbocycles. The van der Waals surface area contributed by atoms with Crippen LogP contribution in [0.5, 0.6) is 0 Å². The number of aliphatic carboxylic acids is 1. The van der Waals surface area contributed by atoms with Crippen molar-refractivity contribution in [2.45, 2.75) is 85.5 Å². The number of nitriles is 1. The monoisotopic (exact) mass is 427 g/mol. The maximum Gasteiger partial charge on any atom is 0.316 e. The van der Waals surface area contributed by atoms with Crippen molar-refractivity contribution in [3.63, 3.8) is 0 Å². The Labute approximate surface area is 188 Å². The van der Waals surface area contributed by atoms with Crippen molar-refractivity contribution in [1.82, 2.24) is 0 Å². The van der Waals surface area contributed by atoms with Gasteiger partial charge in [-0.2, -0.15) is 5.26 Å². The van der Waals surface area contributed by atoms with Crippen LogP contribution in [-0.2, 0) is 9.53 Å². The molecular formula is C27H41NO3. The summed E-state index contributed by atoms with van der Waals surface area (Å²) in [5.41, 5.74) is -1.31. The molecule has 3 saturated carbocycles. The molecule has 0 radical (unpaired) electrons. The predicted octanol–water partition coefficient (Wildman–Crippen LogP) is 6.22. The topological polar surface area (TPSA) is 70.3 Å². The molecule has 0 spiro atoms. The van der Waals surface area contributed by atoms with E-state index in [4.69, 9.17) is 4.74 Å². The average molecular weight is 428 g/mol. The SMILES string of the molecule is CCCCCCCOCC12CC3C(C)CCC3C3(C#N)CC1C=C(C(C)C)C32C(=O)O. The van der Waals surface area contributed by atoms with Crippen molar-refractivity contribution in [2.75, 3.05) is 13.2 Å². The van der Waals surface area contributed by atoms with Gasteiger partial charge in [0.25, 0.3) is 0 Å². The number of carbonyl (C=O) groups is 1. The van der Waals surface area contributed by atoms with Crippen molar-refractivity contribution in [3.05, 3.63) is 11.6 Å². The zero-order chi connectivity index (χ0) is 22.4. The molecule has 0 aliphatic heterocycles. The van der Waals surface area contributed by atoms with Gasteiger partial charge in [0.1, 0.15) is 5.41 Å². The first-order valence-corrected chi connectivity index (χ1v) is 12.8. The third-order valence-electron chi connectivity index (χ3n) is 9.79. The Morgan fingerprint density at radius 3 is 2.65 bits per heavy atom. The molecule has 172 valence electrons. The minimum Gasteiger partial charge on any atom is -0.481 e. The summed E-state index contributed by atoms with van der Waals surface area (Å²) in [6.07, 6.45) is 12.0. The number of carboxylic acids is 1. The predicted molar refractivity (Wildman–Crippen MR) is 121 cm³/mol. The largest absolute Gasteiger partial charge is 0.481 e.